The van der Waals surface area contributed by atoms with Crippen LogP contribution in [0.15, 0.2) is 65.6 Å². The van der Waals surface area contributed by atoms with Gasteiger partial charge in [-0.25, -0.2) is 4.79 Å². The highest BCUT2D eigenvalue weighted by Gasteiger charge is 2.23. The van der Waals surface area contributed by atoms with Crippen LogP contribution in [0, 0.1) is 6.92 Å². The number of ether oxygens (including phenoxy) is 1. The molecule has 30 heavy (non-hydrogen) atoms. The molecular formula is C23H17NO5S. The Kier molecular flexibility index (Phi) is 4.97. The van der Waals surface area contributed by atoms with E-state index in [1.54, 1.807) is 44.4 Å². The van der Waals surface area contributed by atoms with Crippen LogP contribution in [0.1, 0.15) is 26.3 Å². The maximum Gasteiger partial charge on any atom is 0.341 e. The lowest BCUT2D eigenvalue weighted by atomic mass is 10.1. The average molecular weight is 419 g/mol. The molecule has 0 saturated carbocycles. The van der Waals surface area contributed by atoms with E-state index in [0.29, 0.717) is 21.7 Å². The number of hydrogen-bond donors (Lipinski definition) is 1. The Morgan fingerprint density at radius 2 is 1.70 bits per heavy atom. The van der Waals surface area contributed by atoms with Crippen molar-refractivity contribution >= 4 is 33.4 Å². The van der Waals surface area contributed by atoms with Gasteiger partial charge >= 0.3 is 5.97 Å². The molecule has 150 valence electrons. The van der Waals surface area contributed by atoms with Crippen LogP contribution in [-0.4, -0.2) is 28.7 Å². The molecule has 4 rings (SSSR count). The second kappa shape index (κ2) is 7.61. The number of aromatic nitrogens is 1. The molecule has 4 aromatic rings. The summed E-state index contributed by atoms with van der Waals surface area (Å²) in [5, 5.41) is 9.78. The first kappa shape index (κ1) is 19.6. The van der Waals surface area contributed by atoms with Crippen molar-refractivity contribution in [1.82, 2.24) is 4.57 Å². The first-order chi connectivity index (χ1) is 14.4. The molecule has 6 nitrogen and oxygen atoms in total. The number of carbonyl (C=O) groups excluding carboxylic acids is 1. The Morgan fingerprint density at radius 1 is 1.03 bits per heavy atom. The molecule has 0 fully saturated rings. The molecule has 0 aliphatic carbocycles. The zero-order valence-corrected chi connectivity index (χ0v) is 17.0. The molecule has 2 aromatic carbocycles. The van der Waals surface area contributed by atoms with Gasteiger partial charge in [0.1, 0.15) is 16.1 Å². The lowest BCUT2D eigenvalue weighted by Gasteiger charge is -2.08. The summed E-state index contributed by atoms with van der Waals surface area (Å²) in [6.45, 7) is 1.77. The summed E-state index contributed by atoms with van der Waals surface area (Å²) in [6, 6.07) is 15.9. The van der Waals surface area contributed by atoms with Crippen molar-refractivity contribution in [1.29, 1.82) is 0 Å². The third-order valence-corrected chi connectivity index (χ3v) is 6.24. The number of hydrogen-bond acceptors (Lipinski definition) is 5. The third kappa shape index (κ3) is 3.19. The zero-order valence-electron chi connectivity index (χ0n) is 16.2. The number of thiophene rings is 1. The van der Waals surface area contributed by atoms with E-state index in [4.69, 9.17) is 4.74 Å². The number of aromatic carboxylic acids is 1. The number of nitrogens with zero attached hydrogens (tertiary/aromatic N) is 1. The quantitative estimate of drug-likeness (QED) is 0.529. The minimum absolute atomic E-state index is 0.245. The predicted molar refractivity (Wildman–Crippen MR) is 116 cm³/mol. The lowest BCUT2D eigenvalue weighted by molar-refractivity contribution is 0.0695. The fraction of sp³-hybridized carbons (Fsp3) is 0.0870. The maximum atomic E-state index is 13.1. The monoisotopic (exact) mass is 419 g/mol. The first-order valence-electron chi connectivity index (χ1n) is 9.08. The zero-order chi connectivity index (χ0) is 21.4. The number of benzene rings is 2. The summed E-state index contributed by atoms with van der Waals surface area (Å²) in [7, 11) is 1.58. The van der Waals surface area contributed by atoms with Crippen LogP contribution < -0.4 is 10.2 Å². The van der Waals surface area contributed by atoms with Gasteiger partial charge in [0, 0.05) is 16.6 Å². The summed E-state index contributed by atoms with van der Waals surface area (Å²) in [5.74, 6) is -1.07. The molecule has 0 saturated heterocycles. The van der Waals surface area contributed by atoms with E-state index < -0.39 is 22.9 Å². The molecule has 7 heteroatoms. The van der Waals surface area contributed by atoms with E-state index in [1.165, 1.54) is 15.9 Å². The largest absolute Gasteiger partial charge is 0.497 e. The van der Waals surface area contributed by atoms with Crippen molar-refractivity contribution in [2.24, 2.45) is 0 Å². The fourth-order valence-electron chi connectivity index (χ4n) is 3.36. The number of rotatable bonds is 4. The van der Waals surface area contributed by atoms with Crippen molar-refractivity contribution in [2.45, 2.75) is 6.92 Å². The van der Waals surface area contributed by atoms with Crippen LogP contribution in [0.2, 0.25) is 0 Å². The SMILES string of the molecule is COc1ccc(-c2sc3c(c2C)c(=O)c(C(=O)O)cn3C(=O)c2ccccc2)cc1. The van der Waals surface area contributed by atoms with E-state index in [-0.39, 0.29) is 5.39 Å². The molecule has 0 aliphatic rings. The molecular weight excluding hydrogens is 402 g/mol. The molecule has 0 spiro atoms. The summed E-state index contributed by atoms with van der Waals surface area (Å²) in [5.41, 5.74) is 0.861. The van der Waals surface area contributed by atoms with Gasteiger partial charge in [0.05, 0.1) is 12.5 Å². The van der Waals surface area contributed by atoms with Gasteiger partial charge in [-0.3, -0.25) is 14.2 Å². The van der Waals surface area contributed by atoms with Crippen LogP contribution >= 0.6 is 11.3 Å². The van der Waals surface area contributed by atoms with Crippen LogP contribution in [0.25, 0.3) is 20.7 Å². The maximum absolute atomic E-state index is 13.1. The predicted octanol–water partition coefficient (Wildman–Crippen LogP) is 4.43. The van der Waals surface area contributed by atoms with Crippen molar-refractivity contribution in [3.8, 4) is 16.2 Å². The number of carbonyl (C=O) groups is 2. The van der Waals surface area contributed by atoms with Crippen LogP contribution in [-0.2, 0) is 0 Å². The summed E-state index contributed by atoms with van der Waals surface area (Å²) in [6.07, 6.45) is 1.12. The molecule has 0 bridgehead atoms. The van der Waals surface area contributed by atoms with Gasteiger partial charge in [-0.05, 0) is 54.4 Å². The summed E-state index contributed by atoms with van der Waals surface area (Å²) >= 11 is 1.28. The first-order valence-corrected chi connectivity index (χ1v) is 9.90. The minimum atomic E-state index is -1.37. The molecule has 1 N–H and O–H groups in total. The number of carboxylic acids is 1. The standard InChI is InChI=1S/C23H17NO5S/c1-13-18-19(25)17(23(27)28)12-24(21(26)15-6-4-3-5-7-15)22(18)30-20(13)14-8-10-16(29-2)11-9-14/h3-12H,1-2H3,(H,27,28). The highest BCUT2D eigenvalue weighted by atomic mass is 32.1. The average Bonchev–Trinajstić information content (AvgIpc) is 3.11. The van der Waals surface area contributed by atoms with Crippen molar-refractivity contribution < 1.29 is 19.4 Å². The Bertz CT molecular complexity index is 1330. The molecule has 0 unspecified atom stereocenters. The Balaban J connectivity index is 2.02. The fourth-order valence-corrected chi connectivity index (χ4v) is 4.64. The highest BCUT2D eigenvalue weighted by molar-refractivity contribution is 7.22. The number of carboxylic acid groups (broad SMARTS) is 1. The second-order valence-corrected chi connectivity index (χ2v) is 7.68. The van der Waals surface area contributed by atoms with Gasteiger partial charge in [0.15, 0.2) is 0 Å². The van der Waals surface area contributed by atoms with Gasteiger partial charge < -0.3 is 9.84 Å². The third-order valence-electron chi connectivity index (χ3n) is 4.90. The van der Waals surface area contributed by atoms with Crippen molar-refractivity contribution in [3.05, 3.63) is 87.7 Å². The van der Waals surface area contributed by atoms with E-state index >= 15 is 0 Å². The molecule has 0 amide bonds. The van der Waals surface area contributed by atoms with Crippen LogP contribution in [0.3, 0.4) is 0 Å². The number of aryl methyl sites for hydroxylation is 1. The van der Waals surface area contributed by atoms with Crippen molar-refractivity contribution in [3.63, 3.8) is 0 Å². The van der Waals surface area contributed by atoms with Gasteiger partial charge in [-0.1, -0.05) is 18.2 Å². The Labute approximate surface area is 175 Å². The number of methoxy groups -OCH3 is 1. The van der Waals surface area contributed by atoms with Gasteiger partial charge in [0.25, 0.3) is 5.91 Å². The lowest BCUT2D eigenvalue weighted by Crippen LogP contribution is -2.22. The molecule has 0 aliphatic heterocycles. The van der Waals surface area contributed by atoms with Gasteiger partial charge in [-0.2, -0.15) is 0 Å². The normalized spacial score (nSPS) is 10.9. The Morgan fingerprint density at radius 3 is 2.30 bits per heavy atom. The topological polar surface area (TPSA) is 85.6 Å². The number of pyridine rings is 1. The van der Waals surface area contributed by atoms with Crippen LogP contribution in [0.4, 0.5) is 0 Å². The Hall–Kier alpha value is -3.71. The summed E-state index contributed by atoms with van der Waals surface area (Å²) < 4.78 is 6.46. The smallest absolute Gasteiger partial charge is 0.341 e. The minimum Gasteiger partial charge on any atom is -0.497 e. The van der Waals surface area contributed by atoms with Gasteiger partial charge in [0.2, 0.25) is 5.43 Å². The van der Waals surface area contributed by atoms with E-state index in [1.807, 2.05) is 24.3 Å². The van der Waals surface area contributed by atoms with E-state index in [9.17, 15) is 19.5 Å². The molecule has 2 aromatic heterocycles. The summed E-state index contributed by atoms with van der Waals surface area (Å²) in [4.78, 5) is 39.0. The van der Waals surface area contributed by atoms with Crippen LogP contribution in [0.5, 0.6) is 5.75 Å². The van der Waals surface area contributed by atoms with E-state index in [0.717, 1.165) is 16.6 Å². The molecule has 0 atom stereocenters. The highest BCUT2D eigenvalue weighted by Crippen LogP contribution is 2.37. The number of fused-ring (bicyclic) bond motifs is 1. The van der Waals surface area contributed by atoms with E-state index in [2.05, 4.69) is 0 Å². The van der Waals surface area contributed by atoms with Gasteiger partial charge in [-0.15, -0.1) is 11.3 Å². The van der Waals surface area contributed by atoms with Crippen molar-refractivity contribution in [2.75, 3.05) is 7.11 Å². The second-order valence-electron chi connectivity index (χ2n) is 6.68. The molecule has 2 heterocycles. The molecule has 0 radical (unpaired) electrons.